The molecule has 1 heterocycles. The van der Waals surface area contributed by atoms with Crippen molar-refractivity contribution in [1.29, 1.82) is 0 Å². The molecule has 2 aromatic rings. The summed E-state index contributed by atoms with van der Waals surface area (Å²) in [5, 5.41) is 6.55. The van der Waals surface area contributed by atoms with E-state index in [-0.39, 0.29) is 5.91 Å². The van der Waals surface area contributed by atoms with Crippen LogP contribution in [0.2, 0.25) is 5.02 Å². The first-order valence-electron chi connectivity index (χ1n) is 6.34. The highest BCUT2D eigenvalue weighted by Gasteiger charge is 2.08. The third-order valence-electron chi connectivity index (χ3n) is 2.53. The van der Waals surface area contributed by atoms with Crippen LogP contribution < -0.4 is 10.6 Å². The summed E-state index contributed by atoms with van der Waals surface area (Å²) in [6, 6.07) is 10.8. The molecule has 0 saturated heterocycles. The summed E-state index contributed by atoms with van der Waals surface area (Å²) in [7, 11) is 0. The fraction of sp³-hybridized carbons (Fsp3) is 0.200. The first-order chi connectivity index (χ1) is 9.54. The molecule has 20 heavy (non-hydrogen) atoms. The van der Waals surface area contributed by atoms with E-state index >= 15 is 0 Å². The molecule has 104 valence electrons. The monoisotopic (exact) mass is 289 g/mol. The number of carbonyl (C=O) groups excluding carboxylic acids is 1. The molecule has 0 unspecified atom stereocenters. The average molecular weight is 290 g/mol. The van der Waals surface area contributed by atoms with E-state index in [1.807, 2.05) is 19.9 Å². The number of rotatable bonds is 4. The van der Waals surface area contributed by atoms with E-state index in [0.29, 0.717) is 22.4 Å². The number of nitrogens with zero attached hydrogens (tertiary/aromatic N) is 1. The fourth-order valence-electron chi connectivity index (χ4n) is 1.71. The van der Waals surface area contributed by atoms with E-state index in [2.05, 4.69) is 15.6 Å². The number of nitrogens with one attached hydrogen (secondary N) is 2. The predicted molar refractivity (Wildman–Crippen MR) is 82.4 cm³/mol. The Morgan fingerprint density at radius 3 is 2.60 bits per heavy atom. The number of carbonyl (C=O) groups is 1. The number of anilines is 2. The number of hydrogen-bond donors (Lipinski definition) is 2. The minimum Gasteiger partial charge on any atom is -0.382 e. The van der Waals surface area contributed by atoms with Crippen LogP contribution in [0.1, 0.15) is 24.3 Å². The van der Waals surface area contributed by atoms with Gasteiger partial charge in [-0.05, 0) is 44.2 Å². The smallest absolute Gasteiger partial charge is 0.274 e. The second-order valence-electron chi connectivity index (χ2n) is 4.70. The molecule has 1 amide bonds. The number of pyridine rings is 1. The topological polar surface area (TPSA) is 54.0 Å². The van der Waals surface area contributed by atoms with Crippen LogP contribution >= 0.6 is 11.6 Å². The average Bonchev–Trinajstić information content (AvgIpc) is 2.38. The van der Waals surface area contributed by atoms with Crippen molar-refractivity contribution in [3.63, 3.8) is 0 Å². The lowest BCUT2D eigenvalue weighted by Crippen LogP contribution is -2.14. The van der Waals surface area contributed by atoms with Crippen molar-refractivity contribution < 1.29 is 4.79 Å². The molecule has 0 radical (unpaired) electrons. The Bertz CT molecular complexity index is 596. The molecule has 1 aromatic carbocycles. The Hall–Kier alpha value is -2.07. The van der Waals surface area contributed by atoms with Gasteiger partial charge in [0.2, 0.25) is 0 Å². The highest BCUT2D eigenvalue weighted by Crippen LogP contribution is 2.16. The van der Waals surface area contributed by atoms with Crippen LogP contribution in [0.5, 0.6) is 0 Å². The zero-order valence-corrected chi connectivity index (χ0v) is 12.1. The molecule has 5 heteroatoms. The third-order valence-corrected chi connectivity index (χ3v) is 2.77. The van der Waals surface area contributed by atoms with E-state index in [1.165, 1.54) is 0 Å². The summed E-state index contributed by atoms with van der Waals surface area (Å²) >= 11 is 5.87. The van der Waals surface area contributed by atoms with Crippen LogP contribution in [0, 0.1) is 0 Å². The zero-order chi connectivity index (χ0) is 14.5. The van der Waals surface area contributed by atoms with Crippen LogP contribution in [0.25, 0.3) is 0 Å². The van der Waals surface area contributed by atoms with Crippen molar-refractivity contribution in [2.45, 2.75) is 19.9 Å². The maximum atomic E-state index is 12.0. The minimum atomic E-state index is -0.261. The van der Waals surface area contributed by atoms with Crippen molar-refractivity contribution >= 4 is 28.9 Å². The summed E-state index contributed by atoms with van der Waals surface area (Å²) in [6.07, 6.45) is 1.65. The van der Waals surface area contributed by atoms with Crippen molar-refractivity contribution in [2.24, 2.45) is 0 Å². The molecule has 0 aliphatic carbocycles. The third kappa shape index (κ3) is 3.96. The maximum Gasteiger partial charge on any atom is 0.274 e. The molecular formula is C15H16ClN3O. The van der Waals surface area contributed by atoms with Gasteiger partial charge in [0.25, 0.3) is 5.91 Å². The molecule has 0 aliphatic heterocycles. The van der Waals surface area contributed by atoms with E-state index < -0.39 is 0 Å². The Kier molecular flexibility index (Phi) is 4.58. The SMILES string of the molecule is CC(C)Nc1ccc(C(=O)Nc2cccc(Cl)c2)nc1. The molecule has 1 aromatic heterocycles. The molecule has 0 fully saturated rings. The second kappa shape index (κ2) is 6.39. The van der Waals surface area contributed by atoms with Gasteiger partial charge in [0, 0.05) is 16.8 Å². The Morgan fingerprint density at radius 1 is 1.20 bits per heavy atom. The van der Waals surface area contributed by atoms with Gasteiger partial charge in [-0.1, -0.05) is 17.7 Å². The summed E-state index contributed by atoms with van der Waals surface area (Å²) < 4.78 is 0. The normalized spacial score (nSPS) is 10.4. The van der Waals surface area contributed by atoms with Gasteiger partial charge in [0.05, 0.1) is 11.9 Å². The standard InChI is InChI=1S/C15H16ClN3O/c1-10(2)18-13-6-7-14(17-9-13)15(20)19-12-5-3-4-11(16)8-12/h3-10,18H,1-2H3,(H,19,20). The van der Waals surface area contributed by atoms with Crippen molar-refractivity contribution in [2.75, 3.05) is 10.6 Å². The van der Waals surface area contributed by atoms with E-state index in [9.17, 15) is 4.79 Å². The quantitative estimate of drug-likeness (QED) is 0.900. The molecule has 0 spiro atoms. The molecule has 0 aliphatic rings. The number of hydrogen-bond acceptors (Lipinski definition) is 3. The van der Waals surface area contributed by atoms with Gasteiger partial charge in [-0.15, -0.1) is 0 Å². The number of aromatic nitrogens is 1. The summed E-state index contributed by atoms with van der Waals surface area (Å²) in [6.45, 7) is 4.08. The zero-order valence-electron chi connectivity index (χ0n) is 11.4. The second-order valence-corrected chi connectivity index (χ2v) is 5.13. The molecule has 2 N–H and O–H groups in total. The highest BCUT2D eigenvalue weighted by atomic mass is 35.5. The number of benzene rings is 1. The van der Waals surface area contributed by atoms with Gasteiger partial charge in [-0.2, -0.15) is 0 Å². The number of amides is 1. The van der Waals surface area contributed by atoms with E-state index in [1.54, 1.807) is 36.5 Å². The van der Waals surface area contributed by atoms with Crippen molar-refractivity contribution in [3.05, 3.63) is 53.3 Å². The largest absolute Gasteiger partial charge is 0.382 e. The Balaban J connectivity index is 2.06. The summed E-state index contributed by atoms with van der Waals surface area (Å²) in [5.41, 5.74) is 1.90. The lowest BCUT2D eigenvalue weighted by Gasteiger charge is -2.10. The molecule has 0 saturated carbocycles. The van der Waals surface area contributed by atoms with Crippen LogP contribution in [-0.4, -0.2) is 16.9 Å². The molecule has 0 bridgehead atoms. The Labute approximate surface area is 123 Å². The maximum absolute atomic E-state index is 12.0. The minimum absolute atomic E-state index is 0.261. The summed E-state index contributed by atoms with van der Waals surface area (Å²) in [5.74, 6) is -0.261. The van der Waals surface area contributed by atoms with Gasteiger partial charge >= 0.3 is 0 Å². The van der Waals surface area contributed by atoms with Crippen LogP contribution in [-0.2, 0) is 0 Å². The van der Waals surface area contributed by atoms with E-state index in [0.717, 1.165) is 5.69 Å². The molecule has 2 rings (SSSR count). The molecular weight excluding hydrogens is 274 g/mol. The summed E-state index contributed by atoms with van der Waals surface area (Å²) in [4.78, 5) is 16.2. The highest BCUT2D eigenvalue weighted by molar-refractivity contribution is 6.30. The van der Waals surface area contributed by atoms with Crippen molar-refractivity contribution in [1.82, 2.24) is 4.98 Å². The lowest BCUT2D eigenvalue weighted by atomic mass is 10.2. The van der Waals surface area contributed by atoms with Crippen LogP contribution in [0.4, 0.5) is 11.4 Å². The van der Waals surface area contributed by atoms with Gasteiger partial charge in [0.15, 0.2) is 0 Å². The first kappa shape index (κ1) is 14.3. The lowest BCUT2D eigenvalue weighted by molar-refractivity contribution is 0.102. The molecule has 4 nitrogen and oxygen atoms in total. The van der Waals surface area contributed by atoms with Gasteiger partial charge in [-0.3, -0.25) is 4.79 Å². The predicted octanol–water partition coefficient (Wildman–Crippen LogP) is 3.81. The molecule has 0 atom stereocenters. The van der Waals surface area contributed by atoms with Crippen LogP contribution in [0.3, 0.4) is 0 Å². The van der Waals surface area contributed by atoms with Gasteiger partial charge < -0.3 is 10.6 Å². The fourth-order valence-corrected chi connectivity index (χ4v) is 1.90. The first-order valence-corrected chi connectivity index (χ1v) is 6.72. The number of halogens is 1. The van der Waals surface area contributed by atoms with E-state index in [4.69, 9.17) is 11.6 Å². The van der Waals surface area contributed by atoms with Crippen LogP contribution in [0.15, 0.2) is 42.6 Å². The van der Waals surface area contributed by atoms with Gasteiger partial charge in [0.1, 0.15) is 5.69 Å². The Morgan fingerprint density at radius 2 is 2.00 bits per heavy atom. The van der Waals surface area contributed by atoms with Crippen molar-refractivity contribution in [3.8, 4) is 0 Å². The van der Waals surface area contributed by atoms with Gasteiger partial charge in [-0.25, -0.2) is 4.98 Å².